The van der Waals surface area contributed by atoms with Gasteiger partial charge in [-0.1, -0.05) is 42.5 Å². The van der Waals surface area contributed by atoms with Gasteiger partial charge in [-0.2, -0.15) is 0 Å². The zero-order valence-corrected chi connectivity index (χ0v) is 17.6. The highest BCUT2D eigenvalue weighted by atomic mass is 16.6. The predicted molar refractivity (Wildman–Crippen MR) is 116 cm³/mol. The van der Waals surface area contributed by atoms with E-state index >= 15 is 0 Å². The van der Waals surface area contributed by atoms with Crippen molar-refractivity contribution in [1.82, 2.24) is 10.3 Å². The Bertz CT molecular complexity index is 1040. The summed E-state index contributed by atoms with van der Waals surface area (Å²) in [7, 11) is 0. The van der Waals surface area contributed by atoms with E-state index in [1.807, 2.05) is 37.3 Å². The number of alkyl carbamates (subject to hydrolysis) is 1. The molecular weight excluding hydrogens is 392 g/mol. The summed E-state index contributed by atoms with van der Waals surface area (Å²) in [5.74, 6) is 1.10. The molecule has 1 aromatic heterocycles. The Morgan fingerprint density at radius 3 is 2.23 bits per heavy atom. The van der Waals surface area contributed by atoms with Crippen LogP contribution >= 0.6 is 0 Å². The molecule has 6 nitrogen and oxygen atoms in total. The van der Waals surface area contributed by atoms with E-state index in [2.05, 4.69) is 39.3 Å². The first-order valence-corrected chi connectivity index (χ1v) is 10.7. The Morgan fingerprint density at radius 1 is 0.903 bits per heavy atom. The molecule has 1 fully saturated rings. The maximum atomic E-state index is 11.5. The number of aromatic nitrogens is 1. The molecule has 160 valence electrons. The van der Waals surface area contributed by atoms with Crippen LogP contribution in [0.1, 0.15) is 41.8 Å². The van der Waals surface area contributed by atoms with E-state index < -0.39 is 18.1 Å². The second kappa shape index (κ2) is 9.60. The van der Waals surface area contributed by atoms with Crippen LogP contribution in [0.15, 0.2) is 59.0 Å². The van der Waals surface area contributed by atoms with Crippen LogP contribution in [0.4, 0.5) is 4.79 Å². The van der Waals surface area contributed by atoms with Crippen LogP contribution in [-0.2, 0) is 28.8 Å². The van der Waals surface area contributed by atoms with Crippen LogP contribution in [0, 0.1) is 6.92 Å². The van der Waals surface area contributed by atoms with Crippen molar-refractivity contribution in [2.24, 2.45) is 0 Å². The van der Waals surface area contributed by atoms with Crippen LogP contribution in [0.2, 0.25) is 0 Å². The summed E-state index contributed by atoms with van der Waals surface area (Å²) < 4.78 is 10.3. The summed E-state index contributed by atoms with van der Waals surface area (Å²) in [5.41, 5.74) is 4.54. The van der Waals surface area contributed by atoms with Gasteiger partial charge in [0.05, 0.1) is 5.69 Å². The van der Waals surface area contributed by atoms with Gasteiger partial charge in [0, 0.05) is 5.56 Å². The lowest BCUT2D eigenvalue weighted by Gasteiger charge is -2.07. The van der Waals surface area contributed by atoms with E-state index in [1.54, 1.807) is 0 Å². The molecule has 0 saturated carbocycles. The van der Waals surface area contributed by atoms with Gasteiger partial charge in [-0.25, -0.2) is 14.6 Å². The highest BCUT2D eigenvalue weighted by Crippen LogP contribution is 2.22. The van der Waals surface area contributed by atoms with Gasteiger partial charge in [0.25, 0.3) is 0 Å². The number of amides is 1. The number of rotatable bonds is 9. The molecule has 1 atom stereocenters. The monoisotopic (exact) mass is 418 g/mol. The number of hydrogen-bond donors (Lipinski definition) is 1. The van der Waals surface area contributed by atoms with Crippen molar-refractivity contribution in [3.8, 4) is 11.5 Å². The average molecular weight is 418 g/mol. The van der Waals surface area contributed by atoms with Crippen molar-refractivity contribution in [3.05, 3.63) is 77.2 Å². The van der Waals surface area contributed by atoms with Gasteiger partial charge in [0.15, 0.2) is 0 Å². The summed E-state index contributed by atoms with van der Waals surface area (Å²) in [6, 6.07) is 18.0. The smallest absolute Gasteiger partial charge is 0.415 e. The zero-order valence-electron chi connectivity index (χ0n) is 17.6. The second-order valence-electron chi connectivity index (χ2n) is 7.86. The van der Waals surface area contributed by atoms with Crippen LogP contribution < -0.4 is 5.32 Å². The molecule has 1 saturated heterocycles. The number of hydrogen-bond acceptors (Lipinski definition) is 5. The lowest BCUT2D eigenvalue weighted by atomic mass is 10.0. The summed E-state index contributed by atoms with van der Waals surface area (Å²) in [4.78, 5) is 27.2. The minimum absolute atomic E-state index is 0.474. The lowest BCUT2D eigenvalue weighted by Crippen LogP contribution is -2.28. The molecule has 1 N–H and O–H groups in total. The van der Waals surface area contributed by atoms with Gasteiger partial charge >= 0.3 is 12.1 Å². The molecule has 2 heterocycles. The van der Waals surface area contributed by atoms with Gasteiger partial charge in [-0.15, -0.1) is 0 Å². The number of benzene rings is 2. The minimum Gasteiger partial charge on any atom is -0.441 e. The van der Waals surface area contributed by atoms with Crippen LogP contribution in [0.5, 0.6) is 0 Å². The van der Waals surface area contributed by atoms with Crippen molar-refractivity contribution in [3.63, 3.8) is 0 Å². The molecule has 0 spiro atoms. The van der Waals surface area contributed by atoms with E-state index in [1.165, 1.54) is 11.1 Å². The number of esters is 1. The van der Waals surface area contributed by atoms with Gasteiger partial charge in [-0.3, -0.25) is 0 Å². The number of ether oxygens (including phenoxy) is 1. The van der Waals surface area contributed by atoms with Crippen LogP contribution in [0.3, 0.4) is 0 Å². The molecule has 0 aliphatic carbocycles. The molecule has 6 heteroatoms. The van der Waals surface area contributed by atoms with E-state index in [0.717, 1.165) is 49.1 Å². The maximum absolute atomic E-state index is 11.5. The van der Waals surface area contributed by atoms with Crippen molar-refractivity contribution in [1.29, 1.82) is 0 Å². The number of nitrogens with zero attached hydrogens (tertiary/aromatic N) is 1. The minimum atomic E-state index is -0.642. The summed E-state index contributed by atoms with van der Waals surface area (Å²) >= 11 is 0. The Hall–Kier alpha value is -3.41. The Labute approximate surface area is 181 Å². The SMILES string of the molecule is Cc1oc(-c2ccccc2)nc1CCCc1ccc(CCCC2NC(=O)OC2=O)cc1. The highest BCUT2D eigenvalue weighted by Gasteiger charge is 2.31. The molecule has 1 aliphatic heterocycles. The van der Waals surface area contributed by atoms with E-state index in [9.17, 15) is 9.59 Å². The fraction of sp³-hybridized carbons (Fsp3) is 0.320. The Morgan fingerprint density at radius 2 is 1.58 bits per heavy atom. The lowest BCUT2D eigenvalue weighted by molar-refractivity contribution is -0.135. The summed E-state index contributed by atoms with van der Waals surface area (Å²) in [6.07, 6.45) is 4.49. The number of carbonyl (C=O) groups is 2. The van der Waals surface area contributed by atoms with E-state index in [4.69, 9.17) is 4.42 Å². The standard InChI is InChI=1S/C25H26N2O4/c1-17-21(26-23(30-17)20-9-3-2-4-10-20)11-5-7-18-13-15-19(16-14-18)8-6-12-22-24(28)31-25(29)27-22/h2-4,9-10,13-16,22H,5-8,11-12H2,1H3,(H,27,29). The predicted octanol–water partition coefficient (Wildman–Crippen LogP) is 4.78. The summed E-state index contributed by atoms with van der Waals surface area (Å²) in [6.45, 7) is 1.97. The van der Waals surface area contributed by atoms with Gasteiger partial charge < -0.3 is 14.5 Å². The third-order valence-electron chi connectivity index (χ3n) is 5.54. The number of oxazole rings is 1. The molecular formula is C25H26N2O4. The first kappa shape index (κ1) is 20.8. The molecule has 31 heavy (non-hydrogen) atoms. The number of cyclic esters (lactones) is 2. The molecule has 4 rings (SSSR count). The van der Waals surface area contributed by atoms with Crippen molar-refractivity contribution in [2.75, 3.05) is 0 Å². The van der Waals surface area contributed by atoms with Crippen LogP contribution in [0.25, 0.3) is 11.5 Å². The Balaban J connectivity index is 1.22. The topological polar surface area (TPSA) is 81.4 Å². The first-order valence-electron chi connectivity index (χ1n) is 10.7. The zero-order chi connectivity index (χ0) is 21.6. The largest absolute Gasteiger partial charge is 0.441 e. The quantitative estimate of drug-likeness (QED) is 0.399. The third-order valence-corrected chi connectivity index (χ3v) is 5.54. The third kappa shape index (κ3) is 5.40. The number of nitrogens with one attached hydrogen (secondary N) is 1. The fourth-order valence-corrected chi connectivity index (χ4v) is 3.79. The molecule has 1 unspecified atom stereocenters. The first-order chi connectivity index (χ1) is 15.1. The van der Waals surface area contributed by atoms with Crippen molar-refractivity contribution in [2.45, 2.75) is 51.5 Å². The van der Waals surface area contributed by atoms with Crippen molar-refractivity contribution >= 4 is 12.1 Å². The molecule has 0 bridgehead atoms. The van der Waals surface area contributed by atoms with Gasteiger partial charge in [0.2, 0.25) is 5.89 Å². The van der Waals surface area contributed by atoms with E-state index in [-0.39, 0.29) is 0 Å². The van der Waals surface area contributed by atoms with E-state index in [0.29, 0.717) is 12.3 Å². The molecule has 3 aromatic rings. The number of carbonyl (C=O) groups excluding carboxylic acids is 2. The molecule has 1 amide bonds. The fourth-order valence-electron chi connectivity index (χ4n) is 3.79. The maximum Gasteiger partial charge on any atom is 0.415 e. The molecule has 1 aliphatic rings. The average Bonchev–Trinajstić information content (AvgIpc) is 3.31. The Kier molecular flexibility index (Phi) is 6.46. The second-order valence-corrected chi connectivity index (χ2v) is 7.86. The van der Waals surface area contributed by atoms with Gasteiger partial charge in [-0.05, 0) is 68.7 Å². The van der Waals surface area contributed by atoms with Crippen molar-refractivity contribution < 1.29 is 18.7 Å². The van der Waals surface area contributed by atoms with Gasteiger partial charge in [0.1, 0.15) is 11.8 Å². The highest BCUT2D eigenvalue weighted by molar-refractivity contribution is 5.95. The molecule has 0 radical (unpaired) electrons. The normalized spacial score (nSPS) is 15.7. The molecule has 2 aromatic carbocycles. The van der Waals surface area contributed by atoms with Crippen LogP contribution in [-0.4, -0.2) is 23.1 Å². The summed E-state index contributed by atoms with van der Waals surface area (Å²) in [5, 5.41) is 2.53. The number of aryl methyl sites for hydroxylation is 4.